The maximum atomic E-state index is 13.5. The standard InChI is InChI=1S/C26H20Br2N4O5S/c1-34-18-5-12(16(27)8-20(18)36-3)6-22-25(33)32-24(31)14(10-29)23(15(11-30)26(32)38-22)13-7-19(35-2)21(37-4)9-17(13)28/h5-9,23H,31H2,1-4H3/b22-6+/t23-/m0/s1. The zero-order valence-corrected chi connectivity index (χ0v) is 24.6. The van der Waals surface area contributed by atoms with Gasteiger partial charge in [0, 0.05) is 8.95 Å². The van der Waals surface area contributed by atoms with Gasteiger partial charge in [-0.15, -0.1) is 11.3 Å². The molecule has 2 heterocycles. The summed E-state index contributed by atoms with van der Waals surface area (Å²) < 4.78 is 24.6. The first-order valence-electron chi connectivity index (χ1n) is 10.8. The Kier molecular flexibility index (Phi) is 7.88. The summed E-state index contributed by atoms with van der Waals surface area (Å²) in [6, 6.07) is 11.2. The van der Waals surface area contributed by atoms with Gasteiger partial charge in [0.15, 0.2) is 23.0 Å². The third-order valence-corrected chi connectivity index (χ3v) is 8.47. The molecule has 2 aromatic carbocycles. The lowest BCUT2D eigenvalue weighted by molar-refractivity contribution is 0.354. The number of aromatic nitrogens is 1. The number of nitrogens with two attached hydrogens (primary N) is 1. The minimum Gasteiger partial charge on any atom is -0.493 e. The number of fused-ring (bicyclic) bond motifs is 1. The zero-order valence-electron chi connectivity index (χ0n) is 20.6. The fourth-order valence-electron chi connectivity index (χ4n) is 4.18. The Balaban J connectivity index is 2.05. The van der Waals surface area contributed by atoms with Crippen molar-refractivity contribution < 1.29 is 18.9 Å². The summed E-state index contributed by atoms with van der Waals surface area (Å²) >= 11 is 8.14. The van der Waals surface area contributed by atoms with E-state index in [-0.39, 0.29) is 17.0 Å². The molecule has 194 valence electrons. The van der Waals surface area contributed by atoms with Gasteiger partial charge in [0.2, 0.25) is 0 Å². The van der Waals surface area contributed by atoms with Crippen LogP contribution in [0.1, 0.15) is 17.0 Å². The van der Waals surface area contributed by atoms with E-state index in [2.05, 4.69) is 44.0 Å². The molecule has 9 nitrogen and oxygen atoms in total. The number of benzene rings is 2. The van der Waals surface area contributed by atoms with Crippen LogP contribution in [0.5, 0.6) is 23.0 Å². The quantitative estimate of drug-likeness (QED) is 0.426. The molecule has 0 unspecified atom stereocenters. The lowest BCUT2D eigenvalue weighted by Crippen LogP contribution is -2.38. The van der Waals surface area contributed by atoms with Crippen LogP contribution in [0.15, 0.2) is 43.6 Å². The summed E-state index contributed by atoms with van der Waals surface area (Å²) in [6.07, 6.45) is 1.67. The van der Waals surface area contributed by atoms with Crippen LogP contribution < -0.4 is 39.4 Å². The van der Waals surface area contributed by atoms with Gasteiger partial charge < -0.3 is 24.7 Å². The van der Waals surface area contributed by atoms with E-state index in [1.54, 1.807) is 30.3 Å². The third kappa shape index (κ3) is 4.45. The smallest absolute Gasteiger partial charge is 0.274 e. The summed E-state index contributed by atoms with van der Waals surface area (Å²) in [6.45, 7) is 0. The Labute approximate surface area is 238 Å². The van der Waals surface area contributed by atoms with Gasteiger partial charge in [-0.1, -0.05) is 31.9 Å². The highest BCUT2D eigenvalue weighted by Crippen LogP contribution is 2.43. The molecule has 1 aromatic heterocycles. The maximum absolute atomic E-state index is 13.5. The van der Waals surface area contributed by atoms with Gasteiger partial charge in [-0.05, 0) is 41.5 Å². The van der Waals surface area contributed by atoms with E-state index in [9.17, 15) is 15.3 Å². The second kappa shape index (κ2) is 11.0. The van der Waals surface area contributed by atoms with Crippen molar-refractivity contribution >= 4 is 60.7 Å². The molecular weight excluding hydrogens is 640 g/mol. The number of nitrogens with zero attached hydrogens (tertiary/aromatic N) is 3. The number of methoxy groups -OCH3 is 4. The first-order chi connectivity index (χ1) is 18.2. The number of halogens is 2. The van der Waals surface area contributed by atoms with E-state index < -0.39 is 11.5 Å². The molecule has 0 fully saturated rings. The second-order valence-corrected chi connectivity index (χ2v) is 10.6. The van der Waals surface area contributed by atoms with Crippen LogP contribution in [0.4, 0.5) is 0 Å². The number of hydrogen-bond acceptors (Lipinski definition) is 9. The Morgan fingerprint density at radius 1 is 0.895 bits per heavy atom. The molecule has 0 saturated heterocycles. The van der Waals surface area contributed by atoms with Crippen LogP contribution in [-0.2, 0) is 0 Å². The van der Waals surface area contributed by atoms with Crippen molar-refractivity contribution in [1.29, 1.82) is 10.5 Å². The van der Waals surface area contributed by atoms with Crippen molar-refractivity contribution in [2.75, 3.05) is 28.4 Å². The van der Waals surface area contributed by atoms with Gasteiger partial charge in [-0.25, -0.2) is 0 Å². The predicted molar refractivity (Wildman–Crippen MR) is 151 cm³/mol. The van der Waals surface area contributed by atoms with Crippen LogP contribution >= 0.6 is 43.2 Å². The highest BCUT2D eigenvalue weighted by Gasteiger charge is 2.34. The molecule has 1 aliphatic rings. The summed E-state index contributed by atoms with van der Waals surface area (Å²) in [4.78, 5) is 13.5. The molecule has 4 rings (SSSR count). The van der Waals surface area contributed by atoms with Crippen LogP contribution in [0.3, 0.4) is 0 Å². The zero-order chi connectivity index (χ0) is 27.7. The number of nitriles is 2. The van der Waals surface area contributed by atoms with Crippen LogP contribution in [0.2, 0.25) is 0 Å². The fourth-order valence-corrected chi connectivity index (χ4v) is 6.28. The predicted octanol–water partition coefficient (Wildman–Crippen LogP) is 3.42. The van der Waals surface area contributed by atoms with E-state index in [0.29, 0.717) is 52.3 Å². The van der Waals surface area contributed by atoms with Gasteiger partial charge in [-0.2, -0.15) is 10.5 Å². The van der Waals surface area contributed by atoms with Crippen LogP contribution in [0, 0.1) is 22.7 Å². The normalized spacial score (nSPS) is 15.0. The molecule has 38 heavy (non-hydrogen) atoms. The average Bonchev–Trinajstić information content (AvgIpc) is 3.24. The SMILES string of the molecule is COc1cc(Br)c(/C=c2/sc3n(c2=O)C(N)=C(C#N)[C@H](c2cc(OC)c(OC)cc2Br)C=3C#N)cc1OC. The van der Waals surface area contributed by atoms with E-state index in [4.69, 9.17) is 24.7 Å². The summed E-state index contributed by atoms with van der Waals surface area (Å²) in [7, 11) is 6.05. The summed E-state index contributed by atoms with van der Waals surface area (Å²) in [5.74, 6) is 1.02. The Morgan fingerprint density at radius 3 is 1.97 bits per heavy atom. The highest BCUT2D eigenvalue weighted by molar-refractivity contribution is 9.10. The molecule has 0 aliphatic carbocycles. The van der Waals surface area contributed by atoms with Crippen molar-refractivity contribution in [3.8, 4) is 35.1 Å². The van der Waals surface area contributed by atoms with E-state index in [1.165, 1.54) is 33.0 Å². The molecule has 1 atom stereocenters. The van der Waals surface area contributed by atoms with Crippen molar-refractivity contribution in [2.24, 2.45) is 5.73 Å². The molecule has 0 amide bonds. The minimum atomic E-state index is -0.835. The van der Waals surface area contributed by atoms with Crippen molar-refractivity contribution in [2.45, 2.75) is 5.92 Å². The van der Waals surface area contributed by atoms with Gasteiger partial charge in [0.1, 0.15) is 10.5 Å². The molecule has 0 radical (unpaired) electrons. The number of allylic oxidation sites excluding steroid dienone is 1. The van der Waals surface area contributed by atoms with Crippen LogP contribution in [-0.4, -0.2) is 33.0 Å². The average molecular weight is 660 g/mol. The number of thiazole rings is 1. The van der Waals surface area contributed by atoms with Gasteiger partial charge in [0.25, 0.3) is 5.56 Å². The largest absolute Gasteiger partial charge is 0.493 e. The second-order valence-electron chi connectivity index (χ2n) is 7.88. The number of ether oxygens (including phenoxy) is 4. The molecule has 0 saturated carbocycles. The summed E-state index contributed by atoms with van der Waals surface area (Å²) in [5, 5.41) is 20.4. The fraction of sp³-hybridized carbons (Fsp3) is 0.192. The lowest BCUT2D eigenvalue weighted by Gasteiger charge is -2.24. The minimum absolute atomic E-state index is 0.0412. The highest BCUT2D eigenvalue weighted by atomic mass is 79.9. The third-order valence-electron chi connectivity index (χ3n) is 5.99. The molecule has 2 N–H and O–H groups in total. The first-order valence-corrected chi connectivity index (χ1v) is 13.3. The molecule has 0 spiro atoms. The molecular formula is C26H20Br2N4O5S. The first kappa shape index (κ1) is 27.3. The molecule has 12 heteroatoms. The Morgan fingerprint density at radius 2 is 1.42 bits per heavy atom. The van der Waals surface area contributed by atoms with Gasteiger partial charge in [0.05, 0.1) is 62.2 Å². The van der Waals surface area contributed by atoms with Gasteiger partial charge >= 0.3 is 0 Å². The Bertz CT molecular complexity index is 1760. The van der Waals surface area contributed by atoms with E-state index >= 15 is 0 Å². The Hall–Kier alpha value is -3.71. The molecule has 1 aliphatic heterocycles. The van der Waals surface area contributed by atoms with Crippen LogP contribution in [0.25, 0.3) is 17.5 Å². The topological polar surface area (TPSA) is 133 Å². The van der Waals surface area contributed by atoms with Crippen molar-refractivity contribution in [1.82, 2.24) is 4.57 Å². The molecule has 0 bridgehead atoms. The molecule has 3 aromatic rings. The number of rotatable bonds is 6. The van der Waals surface area contributed by atoms with E-state index in [0.717, 1.165) is 11.3 Å². The van der Waals surface area contributed by atoms with Gasteiger partial charge in [-0.3, -0.25) is 9.36 Å². The van der Waals surface area contributed by atoms with E-state index in [1.807, 2.05) is 0 Å². The lowest BCUT2D eigenvalue weighted by atomic mass is 9.84. The monoisotopic (exact) mass is 658 g/mol. The van der Waals surface area contributed by atoms with Crippen molar-refractivity contribution in [3.63, 3.8) is 0 Å². The van der Waals surface area contributed by atoms with Crippen molar-refractivity contribution in [3.05, 3.63) is 69.5 Å². The summed E-state index contributed by atoms with van der Waals surface area (Å²) in [5.41, 5.74) is 7.46. The maximum Gasteiger partial charge on any atom is 0.274 e. The number of hydrogen-bond donors (Lipinski definition) is 1.